The van der Waals surface area contributed by atoms with Crippen LogP contribution < -0.4 is 5.32 Å². The first-order valence-corrected chi connectivity index (χ1v) is 4.25. The van der Waals surface area contributed by atoms with Gasteiger partial charge in [0, 0.05) is 18.7 Å². The number of hydrogen-bond donors (Lipinski definition) is 2. The molecule has 0 aromatic rings. The Morgan fingerprint density at radius 3 is 2.18 bits per heavy atom. The molecule has 2 nitrogen and oxygen atoms in total. The van der Waals surface area contributed by atoms with E-state index in [4.69, 9.17) is 5.11 Å². The maximum absolute atomic E-state index is 8.93. The van der Waals surface area contributed by atoms with E-state index in [1.807, 2.05) is 0 Å². The van der Waals surface area contributed by atoms with Crippen LogP contribution in [0.5, 0.6) is 0 Å². The van der Waals surface area contributed by atoms with Gasteiger partial charge in [-0.25, -0.2) is 0 Å². The van der Waals surface area contributed by atoms with Crippen molar-refractivity contribution >= 4 is 12.4 Å². The topological polar surface area (TPSA) is 32.3 Å². The van der Waals surface area contributed by atoms with E-state index >= 15 is 0 Å². The van der Waals surface area contributed by atoms with Crippen LogP contribution in [0, 0.1) is 5.92 Å². The van der Waals surface area contributed by atoms with E-state index in [0.29, 0.717) is 12.5 Å². The SMILES string of the molecule is Cl.OCC1C[C@H]2CC[C@@H](C1)N2. The zero-order valence-electron chi connectivity index (χ0n) is 6.62. The highest BCUT2D eigenvalue weighted by atomic mass is 35.5. The summed E-state index contributed by atoms with van der Waals surface area (Å²) in [6.07, 6.45) is 5.07. The Kier molecular flexibility index (Phi) is 3.16. The van der Waals surface area contributed by atoms with Crippen LogP contribution in [0.15, 0.2) is 0 Å². The number of rotatable bonds is 1. The molecule has 2 aliphatic rings. The van der Waals surface area contributed by atoms with E-state index in [1.165, 1.54) is 25.7 Å². The molecule has 2 heterocycles. The molecule has 0 amide bonds. The molecule has 2 bridgehead atoms. The lowest BCUT2D eigenvalue weighted by Crippen LogP contribution is -2.38. The fourth-order valence-corrected chi connectivity index (χ4v) is 2.32. The average Bonchev–Trinajstić information content (AvgIpc) is 2.30. The van der Waals surface area contributed by atoms with Crippen LogP contribution in [0.4, 0.5) is 0 Å². The molecule has 3 atom stereocenters. The van der Waals surface area contributed by atoms with Crippen molar-refractivity contribution in [2.24, 2.45) is 5.92 Å². The minimum Gasteiger partial charge on any atom is -0.396 e. The van der Waals surface area contributed by atoms with Gasteiger partial charge in [0.25, 0.3) is 0 Å². The molecule has 2 saturated heterocycles. The molecule has 3 heteroatoms. The van der Waals surface area contributed by atoms with Gasteiger partial charge in [0.1, 0.15) is 0 Å². The van der Waals surface area contributed by atoms with Gasteiger partial charge >= 0.3 is 0 Å². The van der Waals surface area contributed by atoms with Gasteiger partial charge in [-0.1, -0.05) is 0 Å². The number of halogens is 1. The lowest BCUT2D eigenvalue weighted by atomic mass is 9.93. The van der Waals surface area contributed by atoms with Crippen LogP contribution >= 0.6 is 12.4 Å². The van der Waals surface area contributed by atoms with Crippen molar-refractivity contribution in [3.05, 3.63) is 0 Å². The van der Waals surface area contributed by atoms with Gasteiger partial charge in [0.15, 0.2) is 0 Å². The summed E-state index contributed by atoms with van der Waals surface area (Å²) >= 11 is 0. The van der Waals surface area contributed by atoms with Crippen molar-refractivity contribution in [1.29, 1.82) is 0 Å². The summed E-state index contributed by atoms with van der Waals surface area (Å²) < 4.78 is 0. The number of hydrogen-bond acceptors (Lipinski definition) is 2. The minimum absolute atomic E-state index is 0. The second-order valence-corrected chi connectivity index (χ2v) is 3.66. The molecule has 2 rings (SSSR count). The molecule has 11 heavy (non-hydrogen) atoms. The largest absolute Gasteiger partial charge is 0.396 e. The number of piperidine rings is 1. The first-order chi connectivity index (χ1) is 4.88. The molecule has 0 spiro atoms. The Morgan fingerprint density at radius 2 is 1.73 bits per heavy atom. The molecule has 1 unspecified atom stereocenters. The quantitative estimate of drug-likeness (QED) is 0.625. The first kappa shape index (κ1) is 9.30. The average molecular weight is 178 g/mol. The van der Waals surface area contributed by atoms with Crippen molar-refractivity contribution in [2.75, 3.05) is 6.61 Å². The molecule has 0 radical (unpaired) electrons. The van der Waals surface area contributed by atoms with Crippen LogP contribution in [-0.2, 0) is 0 Å². The van der Waals surface area contributed by atoms with Crippen LogP contribution in [-0.4, -0.2) is 23.8 Å². The lowest BCUT2D eigenvalue weighted by Gasteiger charge is -2.27. The fraction of sp³-hybridized carbons (Fsp3) is 1.00. The third kappa shape index (κ3) is 1.86. The summed E-state index contributed by atoms with van der Waals surface area (Å²) in [6, 6.07) is 1.46. The summed E-state index contributed by atoms with van der Waals surface area (Å²) in [5.41, 5.74) is 0. The second kappa shape index (κ2) is 3.74. The predicted molar refractivity (Wildman–Crippen MR) is 47.0 cm³/mol. The molecule has 0 saturated carbocycles. The van der Waals surface area contributed by atoms with Crippen LogP contribution in [0.2, 0.25) is 0 Å². The summed E-state index contributed by atoms with van der Waals surface area (Å²) in [6.45, 7) is 0.398. The third-order valence-electron chi connectivity index (χ3n) is 2.83. The summed E-state index contributed by atoms with van der Waals surface area (Å²) in [5.74, 6) is 0.596. The Hall–Kier alpha value is 0.210. The number of aliphatic hydroxyl groups excluding tert-OH is 1. The first-order valence-electron chi connectivity index (χ1n) is 4.25. The third-order valence-corrected chi connectivity index (χ3v) is 2.83. The van der Waals surface area contributed by atoms with Gasteiger partial charge in [-0.05, 0) is 31.6 Å². The summed E-state index contributed by atoms with van der Waals surface area (Å²) in [5, 5.41) is 12.5. The molecule has 2 aliphatic heterocycles. The van der Waals surface area contributed by atoms with E-state index in [-0.39, 0.29) is 12.4 Å². The lowest BCUT2D eigenvalue weighted by molar-refractivity contribution is 0.174. The van der Waals surface area contributed by atoms with E-state index < -0.39 is 0 Å². The highest BCUT2D eigenvalue weighted by molar-refractivity contribution is 5.85. The number of nitrogens with one attached hydrogen (secondary N) is 1. The molecule has 2 N–H and O–H groups in total. The Balaban J connectivity index is 0.000000605. The summed E-state index contributed by atoms with van der Waals surface area (Å²) in [4.78, 5) is 0. The fourth-order valence-electron chi connectivity index (χ4n) is 2.32. The zero-order chi connectivity index (χ0) is 6.97. The second-order valence-electron chi connectivity index (χ2n) is 3.66. The van der Waals surface area contributed by atoms with Crippen molar-refractivity contribution in [2.45, 2.75) is 37.8 Å². The minimum atomic E-state index is 0. The van der Waals surface area contributed by atoms with E-state index in [9.17, 15) is 0 Å². The normalized spacial score (nSPS) is 41.7. The van der Waals surface area contributed by atoms with Gasteiger partial charge < -0.3 is 10.4 Å². The molecule has 0 aromatic carbocycles. The molecular formula is C8H16ClNO. The van der Waals surface area contributed by atoms with E-state index in [0.717, 1.165) is 12.1 Å². The van der Waals surface area contributed by atoms with Crippen molar-refractivity contribution in [1.82, 2.24) is 5.32 Å². The standard InChI is InChI=1S/C8H15NO.ClH/c10-5-6-3-7-1-2-8(4-6)9-7;/h6-10H,1-5H2;1H/t6?,7-,8+;. The predicted octanol–water partition coefficient (Wildman–Crippen LogP) is 0.931. The van der Waals surface area contributed by atoms with E-state index in [1.54, 1.807) is 0 Å². The van der Waals surface area contributed by atoms with Crippen LogP contribution in [0.25, 0.3) is 0 Å². The van der Waals surface area contributed by atoms with Crippen molar-refractivity contribution < 1.29 is 5.11 Å². The highest BCUT2D eigenvalue weighted by Gasteiger charge is 2.32. The Labute approximate surface area is 73.8 Å². The highest BCUT2D eigenvalue weighted by Crippen LogP contribution is 2.30. The van der Waals surface area contributed by atoms with Crippen LogP contribution in [0.1, 0.15) is 25.7 Å². The van der Waals surface area contributed by atoms with Gasteiger partial charge in [-0.2, -0.15) is 0 Å². The van der Waals surface area contributed by atoms with Gasteiger partial charge in [-0.3, -0.25) is 0 Å². The molecular weight excluding hydrogens is 162 g/mol. The van der Waals surface area contributed by atoms with E-state index in [2.05, 4.69) is 5.32 Å². The Bertz CT molecular complexity index is 119. The maximum Gasteiger partial charge on any atom is 0.0460 e. The zero-order valence-corrected chi connectivity index (χ0v) is 7.44. The summed E-state index contributed by atoms with van der Waals surface area (Å²) in [7, 11) is 0. The van der Waals surface area contributed by atoms with Gasteiger partial charge in [0.05, 0.1) is 0 Å². The molecule has 2 fully saturated rings. The molecule has 0 aromatic heterocycles. The smallest absolute Gasteiger partial charge is 0.0460 e. The van der Waals surface area contributed by atoms with Gasteiger partial charge in [-0.15, -0.1) is 12.4 Å². The van der Waals surface area contributed by atoms with Crippen LogP contribution in [0.3, 0.4) is 0 Å². The Morgan fingerprint density at radius 1 is 1.18 bits per heavy atom. The van der Waals surface area contributed by atoms with Gasteiger partial charge in [0.2, 0.25) is 0 Å². The van der Waals surface area contributed by atoms with Crippen molar-refractivity contribution in [3.8, 4) is 0 Å². The van der Waals surface area contributed by atoms with Crippen molar-refractivity contribution in [3.63, 3.8) is 0 Å². The maximum atomic E-state index is 8.93. The number of aliphatic hydroxyl groups is 1. The number of fused-ring (bicyclic) bond motifs is 2. The molecule has 0 aliphatic carbocycles. The molecule has 66 valence electrons. The monoisotopic (exact) mass is 177 g/mol.